The third-order valence-electron chi connectivity index (χ3n) is 2.80. The van der Waals surface area contributed by atoms with E-state index >= 15 is 0 Å². The van der Waals surface area contributed by atoms with Gasteiger partial charge in [-0.1, -0.05) is 30.3 Å². The molecule has 3 aromatic rings. The molecule has 2 aromatic carbocycles. The van der Waals surface area contributed by atoms with Crippen LogP contribution in [-0.2, 0) is 0 Å². The second-order valence-corrected chi connectivity index (χ2v) is 4.19. The first-order valence-corrected chi connectivity index (χ1v) is 5.63. The summed E-state index contributed by atoms with van der Waals surface area (Å²) in [5.74, 6) is -0.266. The highest BCUT2D eigenvalue weighted by atomic mass is 35.5. The van der Waals surface area contributed by atoms with Crippen LogP contribution in [0.4, 0.5) is 4.39 Å². The van der Waals surface area contributed by atoms with Crippen molar-refractivity contribution in [2.45, 2.75) is 0 Å². The van der Waals surface area contributed by atoms with Gasteiger partial charge in [0.05, 0.1) is 11.2 Å². The van der Waals surface area contributed by atoms with Crippen molar-refractivity contribution in [1.29, 1.82) is 0 Å². The van der Waals surface area contributed by atoms with Crippen LogP contribution in [0.15, 0.2) is 54.6 Å². The SMILES string of the molecule is Fc1ccccc1-c1cc2ccccc2n1Cl. The van der Waals surface area contributed by atoms with Crippen molar-refractivity contribution >= 4 is 22.7 Å². The summed E-state index contributed by atoms with van der Waals surface area (Å²) < 4.78 is 15.2. The summed E-state index contributed by atoms with van der Waals surface area (Å²) >= 11 is 6.21. The molecule has 0 atom stereocenters. The molecule has 84 valence electrons. The number of rotatable bonds is 1. The van der Waals surface area contributed by atoms with Crippen molar-refractivity contribution in [2.24, 2.45) is 0 Å². The molecule has 0 aliphatic carbocycles. The topological polar surface area (TPSA) is 4.93 Å². The molecule has 0 bridgehead atoms. The number of para-hydroxylation sites is 1. The standard InChI is InChI=1S/C14H9ClFN/c15-17-13-8-4-1-5-10(13)9-14(17)11-6-2-3-7-12(11)16/h1-9H. The Labute approximate surface area is 103 Å². The van der Waals surface area contributed by atoms with Crippen LogP contribution in [0.25, 0.3) is 22.2 Å². The zero-order valence-electron chi connectivity index (χ0n) is 8.90. The lowest BCUT2D eigenvalue weighted by Gasteiger charge is -2.02. The Morgan fingerprint density at radius 2 is 1.65 bits per heavy atom. The lowest BCUT2D eigenvalue weighted by molar-refractivity contribution is 0.630. The van der Waals surface area contributed by atoms with Gasteiger partial charge in [-0.25, -0.2) is 4.39 Å². The smallest absolute Gasteiger partial charge is 0.132 e. The number of nitrogens with zero attached hydrogens (tertiary/aromatic N) is 1. The molecule has 0 unspecified atom stereocenters. The molecule has 3 heteroatoms. The Balaban J connectivity index is 2.32. The van der Waals surface area contributed by atoms with E-state index in [9.17, 15) is 4.39 Å². The molecule has 0 aliphatic heterocycles. The fourth-order valence-corrected chi connectivity index (χ4v) is 2.27. The van der Waals surface area contributed by atoms with E-state index in [0.29, 0.717) is 11.3 Å². The quantitative estimate of drug-likeness (QED) is 0.597. The van der Waals surface area contributed by atoms with Crippen molar-refractivity contribution in [2.75, 3.05) is 0 Å². The summed E-state index contributed by atoms with van der Waals surface area (Å²) in [4.78, 5) is 0. The molecule has 0 aliphatic rings. The molecule has 1 nitrogen and oxygen atoms in total. The van der Waals surface area contributed by atoms with Crippen LogP contribution in [-0.4, -0.2) is 4.09 Å². The molecule has 17 heavy (non-hydrogen) atoms. The molecular weight excluding hydrogens is 237 g/mol. The van der Waals surface area contributed by atoms with Gasteiger partial charge in [-0.05, 0) is 24.3 Å². The highest BCUT2D eigenvalue weighted by Crippen LogP contribution is 2.30. The predicted octanol–water partition coefficient (Wildman–Crippen LogP) is 4.45. The molecule has 0 N–H and O–H groups in total. The van der Waals surface area contributed by atoms with Crippen LogP contribution in [0.2, 0.25) is 0 Å². The van der Waals surface area contributed by atoms with Crippen LogP contribution in [0.3, 0.4) is 0 Å². The maximum atomic E-state index is 13.7. The Morgan fingerprint density at radius 1 is 0.941 bits per heavy atom. The third kappa shape index (κ3) is 1.61. The maximum Gasteiger partial charge on any atom is 0.132 e. The summed E-state index contributed by atoms with van der Waals surface area (Å²) in [6.45, 7) is 0. The monoisotopic (exact) mass is 245 g/mol. The first-order chi connectivity index (χ1) is 8.27. The molecule has 3 rings (SSSR count). The average molecular weight is 246 g/mol. The van der Waals surface area contributed by atoms with Crippen molar-refractivity contribution in [3.8, 4) is 11.3 Å². The van der Waals surface area contributed by atoms with Gasteiger partial charge in [-0.2, -0.15) is 0 Å². The Hall–Kier alpha value is -1.80. The van der Waals surface area contributed by atoms with E-state index in [1.54, 1.807) is 18.2 Å². The van der Waals surface area contributed by atoms with Crippen LogP contribution >= 0.6 is 11.8 Å². The second kappa shape index (κ2) is 3.90. The van der Waals surface area contributed by atoms with Gasteiger partial charge >= 0.3 is 0 Å². The summed E-state index contributed by atoms with van der Waals surface area (Å²) in [5.41, 5.74) is 2.07. The van der Waals surface area contributed by atoms with E-state index in [2.05, 4.69) is 0 Å². The maximum absolute atomic E-state index is 13.7. The van der Waals surface area contributed by atoms with E-state index in [-0.39, 0.29) is 5.82 Å². The fraction of sp³-hybridized carbons (Fsp3) is 0. The van der Waals surface area contributed by atoms with Crippen molar-refractivity contribution in [3.63, 3.8) is 0 Å². The average Bonchev–Trinajstić information content (AvgIpc) is 2.68. The van der Waals surface area contributed by atoms with Gasteiger partial charge in [0, 0.05) is 22.7 Å². The molecule has 1 heterocycles. The summed E-state index contributed by atoms with van der Waals surface area (Å²) in [6, 6.07) is 16.2. The van der Waals surface area contributed by atoms with Gasteiger partial charge in [0.2, 0.25) is 0 Å². The van der Waals surface area contributed by atoms with Crippen molar-refractivity contribution in [3.05, 3.63) is 60.4 Å². The van der Waals surface area contributed by atoms with Gasteiger partial charge in [-0.3, -0.25) is 4.09 Å². The van der Waals surface area contributed by atoms with E-state index in [1.807, 2.05) is 30.3 Å². The van der Waals surface area contributed by atoms with Crippen LogP contribution in [0.1, 0.15) is 0 Å². The zero-order valence-corrected chi connectivity index (χ0v) is 9.66. The zero-order chi connectivity index (χ0) is 11.8. The van der Waals surface area contributed by atoms with E-state index in [1.165, 1.54) is 10.2 Å². The summed E-state index contributed by atoms with van der Waals surface area (Å²) in [6.07, 6.45) is 0. The Morgan fingerprint density at radius 3 is 2.41 bits per heavy atom. The minimum Gasteiger partial charge on any atom is -0.252 e. The molecule has 0 radical (unpaired) electrons. The van der Waals surface area contributed by atoms with E-state index in [4.69, 9.17) is 11.8 Å². The number of hydrogen-bond acceptors (Lipinski definition) is 0. The molecule has 1 aromatic heterocycles. The summed E-state index contributed by atoms with van der Waals surface area (Å²) in [5, 5.41) is 1.00. The van der Waals surface area contributed by atoms with Gasteiger partial charge in [0.1, 0.15) is 5.82 Å². The van der Waals surface area contributed by atoms with Crippen LogP contribution < -0.4 is 0 Å². The second-order valence-electron chi connectivity index (χ2n) is 3.85. The van der Waals surface area contributed by atoms with Gasteiger partial charge < -0.3 is 0 Å². The van der Waals surface area contributed by atoms with Crippen LogP contribution in [0.5, 0.6) is 0 Å². The first kappa shape index (κ1) is 10.4. The van der Waals surface area contributed by atoms with E-state index in [0.717, 1.165) is 10.9 Å². The van der Waals surface area contributed by atoms with E-state index < -0.39 is 0 Å². The number of halogens is 2. The van der Waals surface area contributed by atoms with Gasteiger partial charge in [0.25, 0.3) is 0 Å². The number of benzene rings is 2. The lowest BCUT2D eigenvalue weighted by Crippen LogP contribution is -1.88. The minimum absolute atomic E-state index is 0.266. The number of hydrogen-bond donors (Lipinski definition) is 0. The van der Waals surface area contributed by atoms with Gasteiger partial charge in [-0.15, -0.1) is 0 Å². The molecule has 0 amide bonds. The largest absolute Gasteiger partial charge is 0.252 e. The molecular formula is C14H9ClFN. The highest BCUT2D eigenvalue weighted by molar-refractivity contribution is 6.21. The highest BCUT2D eigenvalue weighted by Gasteiger charge is 2.11. The normalized spacial score (nSPS) is 10.9. The molecule has 0 saturated carbocycles. The fourth-order valence-electron chi connectivity index (χ4n) is 1.97. The molecule has 0 spiro atoms. The molecule has 0 fully saturated rings. The lowest BCUT2D eigenvalue weighted by atomic mass is 10.1. The Bertz CT molecular complexity index is 688. The van der Waals surface area contributed by atoms with Gasteiger partial charge in [0.15, 0.2) is 0 Å². The predicted molar refractivity (Wildman–Crippen MR) is 68.6 cm³/mol. The Kier molecular flexibility index (Phi) is 2.37. The van der Waals surface area contributed by atoms with Crippen molar-refractivity contribution in [1.82, 2.24) is 4.09 Å². The number of fused-ring (bicyclic) bond motifs is 1. The molecule has 0 saturated heterocycles. The third-order valence-corrected chi connectivity index (χ3v) is 3.17. The number of aromatic nitrogens is 1. The van der Waals surface area contributed by atoms with Crippen molar-refractivity contribution < 1.29 is 4.39 Å². The minimum atomic E-state index is -0.266. The van der Waals surface area contributed by atoms with Crippen LogP contribution in [0, 0.1) is 5.82 Å². The first-order valence-electron chi connectivity index (χ1n) is 5.29. The summed E-state index contributed by atoms with van der Waals surface area (Å²) in [7, 11) is 0.